The zero-order valence-electron chi connectivity index (χ0n) is 11.7. The molecule has 0 saturated heterocycles. The number of aliphatic hydroxyl groups excluding tert-OH is 1. The van der Waals surface area contributed by atoms with Crippen molar-refractivity contribution in [2.24, 2.45) is 0 Å². The number of aryl methyl sites for hydroxylation is 1. The minimum atomic E-state index is -0.426. The first-order valence-electron chi connectivity index (χ1n) is 6.81. The summed E-state index contributed by atoms with van der Waals surface area (Å²) < 4.78 is 0. The predicted octanol–water partition coefficient (Wildman–Crippen LogP) is 4.38. The Morgan fingerprint density at radius 3 is 2.25 bits per heavy atom. The molecule has 20 heavy (non-hydrogen) atoms. The Bertz CT molecular complexity index is 534. The van der Waals surface area contributed by atoms with Crippen molar-refractivity contribution >= 4 is 17.3 Å². The monoisotopic (exact) mass is 284 g/mol. The van der Waals surface area contributed by atoms with E-state index in [4.69, 9.17) is 0 Å². The van der Waals surface area contributed by atoms with Crippen molar-refractivity contribution in [3.05, 3.63) is 77.2 Å². The largest absolute Gasteiger partial charge is 0.388 e. The normalized spacial score (nSPS) is 13.2. The second-order valence-corrected chi connectivity index (χ2v) is 5.42. The van der Waals surface area contributed by atoms with Crippen LogP contribution in [0.2, 0.25) is 0 Å². The van der Waals surface area contributed by atoms with Crippen LogP contribution in [0.5, 0.6) is 0 Å². The topological polar surface area (TPSA) is 20.2 Å². The quantitative estimate of drug-likeness (QED) is 0.849. The zero-order chi connectivity index (χ0) is 14.2. The molecular formula is C18H20OS. The molecule has 2 aromatic rings. The van der Waals surface area contributed by atoms with Gasteiger partial charge in [0, 0.05) is 0 Å². The summed E-state index contributed by atoms with van der Waals surface area (Å²) in [6.45, 7) is 0. The number of hydrogen-bond acceptors (Lipinski definition) is 2. The Hall–Kier alpha value is -1.51. The predicted molar refractivity (Wildman–Crippen MR) is 88.7 cm³/mol. The van der Waals surface area contributed by atoms with E-state index in [1.54, 1.807) is 11.8 Å². The molecule has 2 heteroatoms. The van der Waals surface area contributed by atoms with E-state index in [1.165, 1.54) is 5.56 Å². The van der Waals surface area contributed by atoms with Gasteiger partial charge in [-0.3, -0.25) is 0 Å². The smallest absolute Gasteiger partial charge is 0.0804 e. The molecule has 0 fully saturated rings. The molecule has 104 valence electrons. The van der Waals surface area contributed by atoms with Crippen molar-refractivity contribution in [2.45, 2.75) is 18.9 Å². The van der Waals surface area contributed by atoms with Gasteiger partial charge in [0.25, 0.3) is 0 Å². The van der Waals surface area contributed by atoms with E-state index in [0.29, 0.717) is 0 Å². The summed E-state index contributed by atoms with van der Waals surface area (Å²) in [4.78, 5) is 0. The maximum Gasteiger partial charge on any atom is 0.0804 e. The van der Waals surface area contributed by atoms with Crippen LogP contribution in [-0.2, 0) is 6.42 Å². The summed E-state index contributed by atoms with van der Waals surface area (Å²) >= 11 is 1.63. The van der Waals surface area contributed by atoms with Crippen molar-refractivity contribution in [1.82, 2.24) is 0 Å². The molecule has 0 heterocycles. The molecule has 1 N–H and O–H groups in total. The number of thioether (sulfide) groups is 1. The summed E-state index contributed by atoms with van der Waals surface area (Å²) in [6.07, 6.45) is 3.23. The zero-order valence-corrected chi connectivity index (χ0v) is 12.5. The standard InChI is InChI=1S/C18H20OS/c1-20-14-17(16-10-6-3-7-11-16)18(19)13-12-15-8-4-2-5-9-15/h2-11,14,18-19H,12-13H2,1H3/b17-14+. The van der Waals surface area contributed by atoms with Crippen LogP contribution in [0.3, 0.4) is 0 Å². The molecular weight excluding hydrogens is 264 g/mol. The van der Waals surface area contributed by atoms with Crippen LogP contribution >= 0.6 is 11.8 Å². The Morgan fingerprint density at radius 1 is 1.05 bits per heavy atom. The maximum absolute atomic E-state index is 10.5. The van der Waals surface area contributed by atoms with Gasteiger partial charge >= 0.3 is 0 Å². The number of aliphatic hydroxyl groups is 1. The van der Waals surface area contributed by atoms with E-state index in [0.717, 1.165) is 24.0 Å². The molecule has 0 aliphatic heterocycles. The summed E-state index contributed by atoms with van der Waals surface area (Å²) in [6, 6.07) is 20.4. The van der Waals surface area contributed by atoms with Gasteiger partial charge in [-0.05, 0) is 41.2 Å². The lowest BCUT2D eigenvalue weighted by molar-refractivity contribution is 0.222. The molecule has 0 aromatic heterocycles. The van der Waals surface area contributed by atoms with E-state index in [1.807, 2.05) is 60.2 Å². The average Bonchev–Trinajstić information content (AvgIpc) is 2.52. The van der Waals surface area contributed by atoms with Crippen LogP contribution < -0.4 is 0 Å². The van der Waals surface area contributed by atoms with Gasteiger partial charge in [0.1, 0.15) is 0 Å². The number of hydrogen-bond donors (Lipinski definition) is 1. The van der Waals surface area contributed by atoms with Gasteiger partial charge in [0.15, 0.2) is 0 Å². The Balaban J connectivity index is 2.05. The van der Waals surface area contributed by atoms with Crippen molar-refractivity contribution in [2.75, 3.05) is 6.26 Å². The molecule has 0 bridgehead atoms. The second-order valence-electron chi connectivity index (χ2n) is 4.71. The van der Waals surface area contributed by atoms with Crippen LogP contribution in [0, 0.1) is 0 Å². The molecule has 0 amide bonds. The SMILES string of the molecule is CS/C=C(\c1ccccc1)C(O)CCc1ccccc1. The molecule has 0 spiro atoms. The molecule has 0 radical (unpaired) electrons. The molecule has 2 aromatic carbocycles. The average molecular weight is 284 g/mol. The first kappa shape index (κ1) is 14.9. The van der Waals surface area contributed by atoms with E-state index >= 15 is 0 Å². The van der Waals surface area contributed by atoms with E-state index in [2.05, 4.69) is 12.1 Å². The minimum Gasteiger partial charge on any atom is -0.388 e. The molecule has 0 saturated carbocycles. The highest BCUT2D eigenvalue weighted by atomic mass is 32.2. The summed E-state index contributed by atoms with van der Waals surface area (Å²) in [5, 5.41) is 12.5. The Kier molecular flexibility index (Phi) is 5.90. The fourth-order valence-corrected chi connectivity index (χ4v) is 2.75. The van der Waals surface area contributed by atoms with Crippen LogP contribution in [0.15, 0.2) is 66.1 Å². The second kappa shape index (κ2) is 7.93. The van der Waals surface area contributed by atoms with Gasteiger partial charge in [-0.2, -0.15) is 0 Å². The van der Waals surface area contributed by atoms with E-state index in [-0.39, 0.29) is 0 Å². The lowest BCUT2D eigenvalue weighted by atomic mass is 9.97. The van der Waals surface area contributed by atoms with E-state index < -0.39 is 6.10 Å². The third-order valence-electron chi connectivity index (χ3n) is 3.26. The molecule has 1 nitrogen and oxygen atoms in total. The highest BCUT2D eigenvalue weighted by Crippen LogP contribution is 2.24. The van der Waals surface area contributed by atoms with Gasteiger partial charge in [0.2, 0.25) is 0 Å². The first-order chi connectivity index (χ1) is 9.81. The minimum absolute atomic E-state index is 0.426. The summed E-state index contributed by atoms with van der Waals surface area (Å²) in [7, 11) is 0. The van der Waals surface area contributed by atoms with Gasteiger partial charge in [-0.1, -0.05) is 60.7 Å². The van der Waals surface area contributed by atoms with Crippen molar-refractivity contribution in [1.29, 1.82) is 0 Å². The lowest BCUT2D eigenvalue weighted by Crippen LogP contribution is -2.10. The highest BCUT2D eigenvalue weighted by Gasteiger charge is 2.12. The number of rotatable bonds is 6. The molecule has 2 rings (SSSR count). The highest BCUT2D eigenvalue weighted by molar-refractivity contribution is 8.01. The van der Waals surface area contributed by atoms with Gasteiger partial charge in [-0.15, -0.1) is 11.8 Å². The third kappa shape index (κ3) is 4.26. The van der Waals surface area contributed by atoms with Gasteiger partial charge < -0.3 is 5.11 Å². The molecule has 1 atom stereocenters. The number of benzene rings is 2. The summed E-state index contributed by atoms with van der Waals surface area (Å²) in [5.74, 6) is 0. The molecule has 0 aliphatic rings. The Labute approximate surface area is 125 Å². The molecule has 1 unspecified atom stereocenters. The van der Waals surface area contributed by atoms with Crippen molar-refractivity contribution < 1.29 is 5.11 Å². The fraction of sp³-hybridized carbons (Fsp3) is 0.222. The van der Waals surface area contributed by atoms with Gasteiger partial charge in [-0.25, -0.2) is 0 Å². The van der Waals surface area contributed by atoms with Crippen LogP contribution in [-0.4, -0.2) is 17.5 Å². The lowest BCUT2D eigenvalue weighted by Gasteiger charge is -2.15. The van der Waals surface area contributed by atoms with Crippen LogP contribution in [0.25, 0.3) is 5.57 Å². The van der Waals surface area contributed by atoms with Crippen LogP contribution in [0.4, 0.5) is 0 Å². The first-order valence-corrected chi connectivity index (χ1v) is 8.10. The van der Waals surface area contributed by atoms with E-state index in [9.17, 15) is 5.11 Å². The summed E-state index contributed by atoms with van der Waals surface area (Å²) in [5.41, 5.74) is 3.37. The van der Waals surface area contributed by atoms with Crippen LogP contribution in [0.1, 0.15) is 17.5 Å². The molecule has 0 aliphatic carbocycles. The Morgan fingerprint density at radius 2 is 1.65 bits per heavy atom. The van der Waals surface area contributed by atoms with Crippen molar-refractivity contribution in [3.63, 3.8) is 0 Å². The van der Waals surface area contributed by atoms with Crippen molar-refractivity contribution in [3.8, 4) is 0 Å². The maximum atomic E-state index is 10.5. The fourth-order valence-electron chi connectivity index (χ4n) is 2.20. The third-order valence-corrected chi connectivity index (χ3v) is 3.75. The van der Waals surface area contributed by atoms with Gasteiger partial charge in [0.05, 0.1) is 6.10 Å².